The lowest BCUT2D eigenvalue weighted by Crippen LogP contribution is -2.57. The summed E-state index contributed by atoms with van der Waals surface area (Å²) in [6.45, 7) is 4.20. The first kappa shape index (κ1) is 22.7. The van der Waals surface area contributed by atoms with E-state index in [0.717, 1.165) is 28.9 Å². The Morgan fingerprint density at radius 3 is 2.45 bits per heavy atom. The maximum atomic E-state index is 12.4. The van der Waals surface area contributed by atoms with Crippen LogP contribution in [0.5, 0.6) is 0 Å². The van der Waals surface area contributed by atoms with E-state index < -0.39 is 0 Å². The normalized spacial score (nSPS) is 28.8. The van der Waals surface area contributed by atoms with Crippen LogP contribution in [0.1, 0.15) is 56.8 Å². The molecule has 1 aromatic heterocycles. The van der Waals surface area contributed by atoms with Crippen LogP contribution in [0.25, 0.3) is 17.4 Å². The predicted molar refractivity (Wildman–Crippen MR) is 137 cm³/mol. The first-order chi connectivity index (χ1) is 15.8. The molecular weight excluding hydrogens is 452 g/mol. The Morgan fingerprint density at radius 2 is 1.82 bits per heavy atom. The minimum atomic E-state index is -0.262. The van der Waals surface area contributed by atoms with Crippen LogP contribution >= 0.6 is 23.8 Å². The predicted octanol–water partition coefficient (Wildman–Crippen LogP) is 6.52. The van der Waals surface area contributed by atoms with Crippen LogP contribution in [0.3, 0.4) is 0 Å². The lowest BCUT2D eigenvalue weighted by molar-refractivity contribution is -0.115. The van der Waals surface area contributed by atoms with E-state index in [1.165, 1.54) is 44.6 Å². The molecule has 2 N–H and O–H groups in total. The van der Waals surface area contributed by atoms with Gasteiger partial charge in [0.25, 0.3) is 0 Å². The molecule has 0 spiro atoms. The fraction of sp³-hybridized carbons (Fsp3) is 0.481. The van der Waals surface area contributed by atoms with Crippen LogP contribution in [0, 0.1) is 30.1 Å². The number of halogens is 1. The summed E-state index contributed by atoms with van der Waals surface area (Å²) in [5, 5.41) is 7.34. The summed E-state index contributed by atoms with van der Waals surface area (Å²) < 4.78 is 5.85. The molecule has 6 rings (SSSR count). The van der Waals surface area contributed by atoms with Crippen molar-refractivity contribution in [2.75, 3.05) is 0 Å². The highest BCUT2D eigenvalue weighted by Gasteiger charge is 2.53. The molecule has 6 heteroatoms. The van der Waals surface area contributed by atoms with Crippen LogP contribution in [-0.4, -0.2) is 17.1 Å². The van der Waals surface area contributed by atoms with Gasteiger partial charge in [-0.1, -0.05) is 23.7 Å². The molecule has 33 heavy (non-hydrogen) atoms. The van der Waals surface area contributed by atoms with E-state index in [1.54, 1.807) is 6.08 Å². The van der Waals surface area contributed by atoms with Gasteiger partial charge in [-0.25, -0.2) is 0 Å². The number of furan rings is 1. The van der Waals surface area contributed by atoms with E-state index in [4.69, 9.17) is 28.2 Å². The standard InChI is InChI=1S/C27H31ClN2O2S/c1-16-3-4-21(12-23(16)28)24-7-5-22(32-24)6-8-25(31)30-26(33)29-17(2)27-13-18-9-19(14-27)11-20(10-18)15-27/h3-8,12,17-20H,9-11,13-15H2,1-2H3,(H2,29,30,31,33)/b8-6+/t17-,18?,19?,20?,27?/m0/s1. The molecule has 0 aliphatic heterocycles. The highest BCUT2D eigenvalue weighted by Crippen LogP contribution is 2.61. The zero-order valence-electron chi connectivity index (χ0n) is 19.2. The van der Waals surface area contributed by atoms with Crippen molar-refractivity contribution in [3.8, 4) is 11.3 Å². The Balaban J connectivity index is 1.15. The molecule has 4 aliphatic rings. The van der Waals surface area contributed by atoms with Crippen molar-refractivity contribution in [3.05, 3.63) is 52.8 Å². The zero-order valence-corrected chi connectivity index (χ0v) is 20.8. The highest BCUT2D eigenvalue weighted by molar-refractivity contribution is 7.80. The van der Waals surface area contributed by atoms with Gasteiger partial charge < -0.3 is 9.73 Å². The van der Waals surface area contributed by atoms with Crippen molar-refractivity contribution >= 4 is 40.9 Å². The van der Waals surface area contributed by atoms with Crippen LogP contribution in [0.2, 0.25) is 5.02 Å². The number of amides is 1. The number of hydrogen-bond donors (Lipinski definition) is 2. The average molecular weight is 483 g/mol. The van der Waals surface area contributed by atoms with E-state index in [-0.39, 0.29) is 11.9 Å². The Kier molecular flexibility index (Phi) is 6.13. The van der Waals surface area contributed by atoms with Crippen molar-refractivity contribution in [1.82, 2.24) is 10.6 Å². The highest BCUT2D eigenvalue weighted by atomic mass is 35.5. The molecule has 4 aliphatic carbocycles. The van der Waals surface area contributed by atoms with Crippen LogP contribution < -0.4 is 10.6 Å². The number of rotatable bonds is 5. The minimum Gasteiger partial charge on any atom is -0.457 e. The first-order valence-electron chi connectivity index (χ1n) is 12.0. The monoisotopic (exact) mass is 482 g/mol. The van der Waals surface area contributed by atoms with Gasteiger partial charge in [0.15, 0.2) is 5.11 Å². The van der Waals surface area contributed by atoms with Gasteiger partial charge >= 0.3 is 0 Å². The van der Waals surface area contributed by atoms with Gasteiger partial charge in [-0.05, 0) is 118 Å². The smallest absolute Gasteiger partial charge is 0.250 e. The second-order valence-corrected chi connectivity index (χ2v) is 11.3. The fourth-order valence-electron chi connectivity index (χ4n) is 6.75. The van der Waals surface area contributed by atoms with Crippen molar-refractivity contribution in [2.45, 2.75) is 58.4 Å². The molecule has 1 heterocycles. The summed E-state index contributed by atoms with van der Waals surface area (Å²) in [5.74, 6) is 3.71. The minimum absolute atomic E-state index is 0.262. The summed E-state index contributed by atoms with van der Waals surface area (Å²) in [4.78, 5) is 12.4. The fourth-order valence-corrected chi connectivity index (χ4v) is 7.21. The molecule has 174 valence electrons. The third-order valence-electron chi connectivity index (χ3n) is 8.07. The average Bonchev–Trinajstić information content (AvgIpc) is 3.22. The Labute approximate surface area is 206 Å². The van der Waals surface area contributed by atoms with E-state index >= 15 is 0 Å². The summed E-state index contributed by atoms with van der Waals surface area (Å²) in [7, 11) is 0. The molecule has 0 saturated heterocycles. The van der Waals surface area contributed by atoms with Crippen LogP contribution in [0.4, 0.5) is 0 Å². The summed E-state index contributed by atoms with van der Waals surface area (Å²) >= 11 is 11.7. The molecule has 4 saturated carbocycles. The molecule has 1 amide bonds. The topological polar surface area (TPSA) is 54.3 Å². The zero-order chi connectivity index (χ0) is 23.2. The lowest BCUT2D eigenvalue weighted by Gasteiger charge is -2.59. The third kappa shape index (κ3) is 4.76. The maximum absolute atomic E-state index is 12.4. The second-order valence-electron chi connectivity index (χ2n) is 10.5. The van der Waals surface area contributed by atoms with E-state index in [9.17, 15) is 4.79 Å². The largest absolute Gasteiger partial charge is 0.457 e. The molecule has 0 unspecified atom stereocenters. The van der Waals surface area contributed by atoms with Crippen LogP contribution in [0.15, 0.2) is 40.8 Å². The number of benzene rings is 1. The number of hydrogen-bond acceptors (Lipinski definition) is 3. The van der Waals surface area contributed by atoms with E-state index in [1.807, 2.05) is 37.3 Å². The molecule has 4 bridgehead atoms. The molecule has 4 fully saturated rings. The van der Waals surface area contributed by atoms with Gasteiger partial charge in [0.1, 0.15) is 11.5 Å². The van der Waals surface area contributed by atoms with E-state index in [2.05, 4.69) is 17.6 Å². The Morgan fingerprint density at radius 1 is 1.15 bits per heavy atom. The molecule has 1 aromatic carbocycles. The third-order valence-corrected chi connectivity index (χ3v) is 8.70. The molecule has 0 radical (unpaired) electrons. The van der Waals surface area contributed by atoms with Gasteiger partial charge in [-0.15, -0.1) is 0 Å². The number of aryl methyl sites for hydroxylation is 1. The van der Waals surface area contributed by atoms with Gasteiger partial charge in [0, 0.05) is 22.7 Å². The number of carbonyl (C=O) groups excluding carboxylic acids is 1. The lowest BCUT2D eigenvalue weighted by atomic mass is 9.48. The van der Waals surface area contributed by atoms with Gasteiger partial charge in [0.05, 0.1) is 0 Å². The van der Waals surface area contributed by atoms with Crippen molar-refractivity contribution in [1.29, 1.82) is 0 Å². The van der Waals surface area contributed by atoms with E-state index in [0.29, 0.717) is 27.1 Å². The molecule has 4 nitrogen and oxygen atoms in total. The second kappa shape index (κ2) is 8.92. The first-order valence-corrected chi connectivity index (χ1v) is 12.7. The number of thiocarbonyl (C=S) groups is 1. The molecular formula is C27H31ClN2O2S. The van der Waals surface area contributed by atoms with Crippen molar-refractivity contribution in [3.63, 3.8) is 0 Å². The SMILES string of the molecule is Cc1ccc(-c2ccc(/C=C/C(=O)NC(=S)N[C@@H](C)C34CC5CC(CC(C5)C3)C4)o2)cc1Cl. The Bertz CT molecular complexity index is 1070. The van der Waals surface area contributed by atoms with Gasteiger partial charge in [-0.2, -0.15) is 0 Å². The maximum Gasteiger partial charge on any atom is 0.250 e. The van der Waals surface area contributed by atoms with Gasteiger partial charge in [-0.3, -0.25) is 10.1 Å². The summed E-state index contributed by atoms with van der Waals surface area (Å²) in [5.41, 5.74) is 2.26. The number of carbonyl (C=O) groups is 1. The quantitative estimate of drug-likeness (QED) is 0.376. The van der Waals surface area contributed by atoms with Crippen molar-refractivity contribution in [2.24, 2.45) is 23.2 Å². The summed E-state index contributed by atoms with van der Waals surface area (Å²) in [6.07, 6.45) is 11.3. The van der Waals surface area contributed by atoms with Crippen LogP contribution in [-0.2, 0) is 4.79 Å². The summed E-state index contributed by atoms with van der Waals surface area (Å²) in [6, 6.07) is 9.79. The van der Waals surface area contributed by atoms with Gasteiger partial charge in [0.2, 0.25) is 5.91 Å². The Hall–Kier alpha value is -2.11. The molecule has 1 atom stereocenters. The molecule has 2 aromatic rings. The van der Waals surface area contributed by atoms with Crippen molar-refractivity contribution < 1.29 is 9.21 Å². The number of nitrogens with one attached hydrogen (secondary N) is 2.